The maximum absolute atomic E-state index is 14.3. The standard InChI is InChI=1S/C30H36ClN3O5S/c1-5-39-19-11-9-18(10-12-19)32-27(36)23-22-13-14-30(40-22)24(23)29(38)34(21(15-35)16(2)3)26(30)28(37)33-25-17(4)7-6-8-20(25)31/h6-12,16,21-24,26,35H,5,13-15H2,1-4H3,(H,32,36)(H,33,37)/t21-,22-,23+,24-,26?,30?/m0/s1. The SMILES string of the molecule is CCOc1ccc(NC(=O)[C@@H]2[C@@H]3CCC4(S3)C(C(=O)Nc3c(C)cccc3Cl)N([C@@H](CO)C(C)C)C(=O)[C@H]24)cc1. The van der Waals surface area contributed by atoms with Crippen LogP contribution in [-0.4, -0.2) is 63.0 Å². The predicted molar refractivity (Wildman–Crippen MR) is 158 cm³/mol. The van der Waals surface area contributed by atoms with Crippen molar-refractivity contribution in [2.24, 2.45) is 17.8 Å². The number of aliphatic hydroxyl groups excluding tert-OH is 1. The van der Waals surface area contributed by atoms with Crippen molar-refractivity contribution in [3.8, 4) is 5.75 Å². The smallest absolute Gasteiger partial charge is 0.248 e. The van der Waals surface area contributed by atoms with Gasteiger partial charge in [-0.15, -0.1) is 11.8 Å². The minimum absolute atomic E-state index is 0.0808. The van der Waals surface area contributed by atoms with Crippen LogP contribution in [-0.2, 0) is 14.4 Å². The fourth-order valence-corrected chi connectivity index (χ4v) is 9.15. The first-order chi connectivity index (χ1) is 19.1. The molecule has 3 saturated heterocycles. The number of nitrogens with zero attached hydrogens (tertiary/aromatic N) is 1. The lowest BCUT2D eigenvalue weighted by Gasteiger charge is -2.38. The van der Waals surface area contributed by atoms with Crippen LogP contribution in [0.4, 0.5) is 11.4 Å². The highest BCUT2D eigenvalue weighted by molar-refractivity contribution is 8.02. The van der Waals surface area contributed by atoms with Crippen molar-refractivity contribution in [3.63, 3.8) is 0 Å². The van der Waals surface area contributed by atoms with E-state index in [0.717, 1.165) is 12.0 Å². The van der Waals surface area contributed by atoms with Gasteiger partial charge in [0, 0.05) is 10.9 Å². The third-order valence-electron chi connectivity index (χ3n) is 8.51. The maximum atomic E-state index is 14.3. The molecule has 3 fully saturated rings. The number of amides is 3. The minimum Gasteiger partial charge on any atom is -0.494 e. The lowest BCUT2D eigenvalue weighted by atomic mass is 9.70. The molecule has 10 heteroatoms. The number of hydrogen-bond acceptors (Lipinski definition) is 6. The van der Waals surface area contributed by atoms with Crippen molar-refractivity contribution in [1.29, 1.82) is 0 Å². The molecule has 2 aromatic rings. The summed E-state index contributed by atoms with van der Waals surface area (Å²) in [7, 11) is 0. The monoisotopic (exact) mass is 585 g/mol. The molecule has 3 amide bonds. The Labute approximate surface area is 244 Å². The van der Waals surface area contributed by atoms with Crippen molar-refractivity contribution >= 4 is 52.5 Å². The molecule has 0 saturated carbocycles. The Hall–Kier alpha value is -2.75. The molecule has 0 radical (unpaired) electrons. The molecule has 3 aliphatic rings. The minimum atomic E-state index is -0.849. The van der Waals surface area contributed by atoms with Gasteiger partial charge in [0.2, 0.25) is 17.7 Å². The Morgan fingerprint density at radius 2 is 1.90 bits per heavy atom. The lowest BCUT2D eigenvalue weighted by molar-refractivity contribution is -0.142. The normalized spacial score (nSPS) is 27.6. The molecule has 8 nitrogen and oxygen atoms in total. The van der Waals surface area contributed by atoms with E-state index in [0.29, 0.717) is 35.2 Å². The first-order valence-electron chi connectivity index (χ1n) is 13.8. The van der Waals surface area contributed by atoms with Crippen molar-refractivity contribution < 1.29 is 24.2 Å². The van der Waals surface area contributed by atoms with Crippen LogP contribution in [0.1, 0.15) is 39.2 Å². The number of halogens is 1. The molecule has 0 aromatic heterocycles. The average molecular weight is 586 g/mol. The molecule has 6 atom stereocenters. The zero-order valence-electron chi connectivity index (χ0n) is 23.1. The largest absolute Gasteiger partial charge is 0.494 e. The molecule has 2 aromatic carbocycles. The van der Waals surface area contributed by atoms with Crippen LogP contribution < -0.4 is 15.4 Å². The first kappa shape index (κ1) is 28.8. The molecule has 3 aliphatic heterocycles. The van der Waals surface area contributed by atoms with Gasteiger partial charge in [-0.3, -0.25) is 14.4 Å². The Bertz CT molecular complexity index is 1280. The molecule has 3 N–H and O–H groups in total. The van der Waals surface area contributed by atoms with E-state index in [4.69, 9.17) is 16.3 Å². The molecule has 2 bridgehead atoms. The highest BCUT2D eigenvalue weighted by Crippen LogP contribution is 2.67. The van der Waals surface area contributed by atoms with Gasteiger partial charge < -0.3 is 25.4 Å². The Morgan fingerprint density at radius 1 is 1.18 bits per heavy atom. The molecular formula is C30H36ClN3O5S. The molecule has 40 heavy (non-hydrogen) atoms. The first-order valence-corrected chi connectivity index (χ1v) is 15.1. The van der Waals surface area contributed by atoms with Crippen LogP contribution in [0.5, 0.6) is 5.75 Å². The van der Waals surface area contributed by atoms with Gasteiger partial charge >= 0.3 is 0 Å². The summed E-state index contributed by atoms with van der Waals surface area (Å²) >= 11 is 8.03. The van der Waals surface area contributed by atoms with E-state index in [2.05, 4.69) is 10.6 Å². The number of rotatable bonds is 9. The van der Waals surface area contributed by atoms with Crippen molar-refractivity contribution in [2.45, 2.75) is 62.6 Å². The number of benzene rings is 2. The molecule has 0 aliphatic carbocycles. The quantitative estimate of drug-likeness (QED) is 0.393. The predicted octanol–water partition coefficient (Wildman–Crippen LogP) is 4.73. The second-order valence-corrected chi connectivity index (χ2v) is 13.2. The third kappa shape index (κ3) is 4.76. The number of hydrogen-bond donors (Lipinski definition) is 3. The number of carbonyl (C=O) groups is 3. The van der Waals surface area contributed by atoms with E-state index >= 15 is 0 Å². The summed E-state index contributed by atoms with van der Waals surface area (Å²) < 4.78 is 4.72. The number of carbonyl (C=O) groups excluding carboxylic acids is 3. The van der Waals surface area contributed by atoms with Crippen LogP contribution in [0.25, 0.3) is 0 Å². The van der Waals surface area contributed by atoms with Crippen molar-refractivity contribution in [2.75, 3.05) is 23.8 Å². The van der Waals surface area contributed by atoms with Crippen LogP contribution in [0.3, 0.4) is 0 Å². The van der Waals surface area contributed by atoms with E-state index in [1.54, 1.807) is 47.0 Å². The molecule has 214 valence electrons. The number of thioether (sulfide) groups is 1. The van der Waals surface area contributed by atoms with Gasteiger partial charge in [-0.05, 0) is 68.5 Å². The second kappa shape index (κ2) is 11.3. The Balaban J connectivity index is 1.49. The van der Waals surface area contributed by atoms with E-state index in [-0.39, 0.29) is 35.5 Å². The van der Waals surface area contributed by atoms with E-state index in [9.17, 15) is 19.5 Å². The number of likely N-dealkylation sites (tertiary alicyclic amines) is 1. The van der Waals surface area contributed by atoms with Gasteiger partial charge in [0.05, 0.1) is 46.5 Å². The number of fused-ring (bicyclic) bond motifs is 1. The fraction of sp³-hybridized carbons (Fsp3) is 0.500. The van der Waals surface area contributed by atoms with Crippen molar-refractivity contribution in [1.82, 2.24) is 4.90 Å². The molecule has 3 heterocycles. The Morgan fingerprint density at radius 3 is 2.52 bits per heavy atom. The number of ether oxygens (including phenoxy) is 1. The number of nitrogens with one attached hydrogen (secondary N) is 2. The number of para-hydroxylation sites is 1. The summed E-state index contributed by atoms with van der Waals surface area (Å²) in [6.07, 6.45) is 1.36. The van der Waals surface area contributed by atoms with Gasteiger partial charge in [0.25, 0.3) is 0 Å². The molecule has 5 rings (SSSR count). The van der Waals surface area contributed by atoms with Gasteiger partial charge in [0.1, 0.15) is 11.8 Å². The highest BCUT2D eigenvalue weighted by Gasteiger charge is 2.74. The van der Waals surface area contributed by atoms with Gasteiger partial charge in [-0.1, -0.05) is 37.6 Å². The van der Waals surface area contributed by atoms with Gasteiger partial charge in [-0.2, -0.15) is 0 Å². The summed E-state index contributed by atoms with van der Waals surface area (Å²) in [6.45, 7) is 7.89. The third-order valence-corrected chi connectivity index (χ3v) is 10.8. The van der Waals surface area contributed by atoms with Crippen LogP contribution in [0.15, 0.2) is 42.5 Å². The highest BCUT2D eigenvalue weighted by atomic mass is 35.5. The van der Waals surface area contributed by atoms with Crippen LogP contribution in [0, 0.1) is 24.7 Å². The van der Waals surface area contributed by atoms with E-state index < -0.39 is 28.7 Å². The molecule has 1 spiro atoms. The second-order valence-electron chi connectivity index (χ2n) is 11.2. The summed E-state index contributed by atoms with van der Waals surface area (Å²) in [5.74, 6) is -1.46. The molecular weight excluding hydrogens is 550 g/mol. The number of aliphatic hydroxyl groups is 1. The van der Waals surface area contributed by atoms with Crippen molar-refractivity contribution in [3.05, 3.63) is 53.1 Å². The maximum Gasteiger partial charge on any atom is 0.248 e. The van der Waals surface area contributed by atoms with E-state index in [1.807, 2.05) is 39.8 Å². The summed E-state index contributed by atoms with van der Waals surface area (Å²) in [6, 6.07) is 11.1. The number of anilines is 2. The van der Waals surface area contributed by atoms with Gasteiger partial charge in [-0.25, -0.2) is 0 Å². The summed E-state index contributed by atoms with van der Waals surface area (Å²) in [5, 5.41) is 16.7. The topological polar surface area (TPSA) is 108 Å². The van der Waals surface area contributed by atoms with Crippen LogP contribution >= 0.6 is 23.4 Å². The number of aryl methyl sites for hydroxylation is 1. The fourth-order valence-electron chi connectivity index (χ4n) is 6.68. The summed E-state index contributed by atoms with van der Waals surface area (Å²) in [5.41, 5.74) is 1.94. The van der Waals surface area contributed by atoms with E-state index in [1.165, 1.54) is 0 Å². The average Bonchev–Trinajstić information content (AvgIpc) is 3.55. The van der Waals surface area contributed by atoms with Crippen LogP contribution in [0.2, 0.25) is 5.02 Å². The summed E-state index contributed by atoms with van der Waals surface area (Å²) in [4.78, 5) is 43.7. The lowest BCUT2D eigenvalue weighted by Crippen LogP contribution is -2.56. The zero-order valence-corrected chi connectivity index (χ0v) is 24.7. The zero-order chi connectivity index (χ0) is 28.8. The Kier molecular flexibility index (Phi) is 8.10. The molecule has 2 unspecified atom stereocenters. The van der Waals surface area contributed by atoms with Gasteiger partial charge in [0.15, 0.2) is 0 Å².